The van der Waals surface area contributed by atoms with E-state index < -0.39 is 5.97 Å². The van der Waals surface area contributed by atoms with Crippen LogP contribution in [0, 0.1) is 5.82 Å². The number of hydrogen-bond acceptors (Lipinski definition) is 1. The summed E-state index contributed by atoms with van der Waals surface area (Å²) in [5, 5.41) is 8.73. The molecule has 0 unspecified atom stereocenters. The Labute approximate surface area is 113 Å². The van der Waals surface area contributed by atoms with Gasteiger partial charge < -0.3 is 5.11 Å². The Kier molecular flexibility index (Phi) is 4.35. The normalized spacial score (nSPS) is 18.6. The van der Waals surface area contributed by atoms with Gasteiger partial charge in [-0.15, -0.1) is 0 Å². The van der Waals surface area contributed by atoms with Crippen LogP contribution in [0.5, 0.6) is 0 Å². The molecule has 1 N–H and O–H groups in total. The third-order valence-corrected chi connectivity index (χ3v) is 3.89. The summed E-state index contributed by atoms with van der Waals surface area (Å²) in [6.45, 7) is 0. The van der Waals surface area contributed by atoms with Crippen molar-refractivity contribution in [3.8, 4) is 0 Å². The maximum Gasteiger partial charge on any atom is 0.307 e. The van der Waals surface area contributed by atoms with Crippen LogP contribution in [0.2, 0.25) is 0 Å². The smallest absolute Gasteiger partial charge is 0.307 e. The second-order valence-corrected chi connectivity index (χ2v) is 5.22. The number of halogens is 1. The molecule has 1 fully saturated rings. The van der Waals surface area contributed by atoms with E-state index in [-0.39, 0.29) is 17.7 Å². The first kappa shape index (κ1) is 13.8. The molecule has 1 aliphatic rings. The maximum absolute atomic E-state index is 13.0. The Hall–Kier alpha value is -1.64. The van der Waals surface area contributed by atoms with E-state index in [1.807, 2.05) is 18.2 Å². The Morgan fingerprint density at radius 3 is 2.42 bits per heavy atom. The first-order valence-corrected chi connectivity index (χ1v) is 6.78. The van der Waals surface area contributed by atoms with Gasteiger partial charge in [0, 0.05) is 5.41 Å². The third-order valence-electron chi connectivity index (χ3n) is 3.89. The molecule has 0 radical (unpaired) electrons. The van der Waals surface area contributed by atoms with Gasteiger partial charge in [0.2, 0.25) is 0 Å². The molecule has 0 saturated heterocycles. The third kappa shape index (κ3) is 3.43. The molecule has 2 nitrogen and oxygen atoms in total. The lowest BCUT2D eigenvalue weighted by Crippen LogP contribution is -2.26. The van der Waals surface area contributed by atoms with Crippen molar-refractivity contribution in [2.24, 2.45) is 0 Å². The monoisotopic (exact) mass is 262 g/mol. The number of allylic oxidation sites excluding steroid dienone is 1. The molecular formula is C16H19FO2. The van der Waals surface area contributed by atoms with E-state index in [4.69, 9.17) is 5.11 Å². The molecule has 1 aromatic rings. The fourth-order valence-corrected chi connectivity index (χ4v) is 2.90. The Morgan fingerprint density at radius 1 is 1.21 bits per heavy atom. The van der Waals surface area contributed by atoms with Crippen molar-refractivity contribution in [1.29, 1.82) is 0 Å². The van der Waals surface area contributed by atoms with E-state index in [1.54, 1.807) is 6.08 Å². The fourth-order valence-electron chi connectivity index (χ4n) is 2.90. The SMILES string of the molecule is O=C(O)CC=CC1(c2ccc(F)cc2)CCCCC1. The van der Waals surface area contributed by atoms with Crippen molar-refractivity contribution in [3.05, 3.63) is 47.8 Å². The molecule has 0 aliphatic heterocycles. The molecule has 0 heterocycles. The second kappa shape index (κ2) is 6.00. The van der Waals surface area contributed by atoms with Gasteiger partial charge in [0.25, 0.3) is 0 Å². The van der Waals surface area contributed by atoms with E-state index in [0.717, 1.165) is 31.2 Å². The predicted molar refractivity (Wildman–Crippen MR) is 72.6 cm³/mol. The molecule has 1 saturated carbocycles. The van der Waals surface area contributed by atoms with Crippen LogP contribution in [0.15, 0.2) is 36.4 Å². The molecule has 1 aliphatic carbocycles. The lowest BCUT2D eigenvalue weighted by molar-refractivity contribution is -0.136. The van der Waals surface area contributed by atoms with Gasteiger partial charge in [-0.3, -0.25) is 4.79 Å². The van der Waals surface area contributed by atoms with Crippen molar-refractivity contribution in [1.82, 2.24) is 0 Å². The molecule has 3 heteroatoms. The van der Waals surface area contributed by atoms with Crippen molar-refractivity contribution >= 4 is 5.97 Å². The zero-order valence-corrected chi connectivity index (χ0v) is 10.9. The highest BCUT2D eigenvalue weighted by atomic mass is 19.1. The number of carboxylic acid groups (broad SMARTS) is 1. The summed E-state index contributed by atoms with van der Waals surface area (Å²) < 4.78 is 13.0. The summed E-state index contributed by atoms with van der Waals surface area (Å²) in [5.41, 5.74) is 0.983. The number of rotatable bonds is 4. The summed E-state index contributed by atoms with van der Waals surface area (Å²) >= 11 is 0. The first-order chi connectivity index (χ1) is 9.12. The van der Waals surface area contributed by atoms with Crippen molar-refractivity contribution in [2.45, 2.75) is 43.9 Å². The van der Waals surface area contributed by atoms with Gasteiger partial charge in [-0.25, -0.2) is 4.39 Å². The standard InChI is InChI=1S/C16H19FO2/c17-14-8-6-13(7-9-14)16(10-2-1-3-11-16)12-4-5-15(18)19/h4,6-9,12H,1-3,5,10-11H2,(H,18,19). The average molecular weight is 262 g/mol. The van der Waals surface area contributed by atoms with Crippen LogP contribution in [0.1, 0.15) is 44.1 Å². The minimum absolute atomic E-state index is 0.0446. The van der Waals surface area contributed by atoms with E-state index in [0.29, 0.717) is 0 Å². The van der Waals surface area contributed by atoms with Crippen LogP contribution >= 0.6 is 0 Å². The molecule has 0 atom stereocenters. The summed E-state index contributed by atoms with van der Waals surface area (Å²) in [5.74, 6) is -1.05. The van der Waals surface area contributed by atoms with E-state index in [1.165, 1.54) is 18.6 Å². The molecule has 0 spiro atoms. The quantitative estimate of drug-likeness (QED) is 0.831. The molecule has 1 aromatic carbocycles. The molecule has 102 valence electrons. The van der Waals surface area contributed by atoms with Gasteiger partial charge >= 0.3 is 5.97 Å². The van der Waals surface area contributed by atoms with Gasteiger partial charge in [-0.05, 0) is 30.5 Å². The molecule has 0 aromatic heterocycles. The minimum atomic E-state index is -0.818. The van der Waals surface area contributed by atoms with Crippen LogP contribution in [-0.2, 0) is 10.2 Å². The minimum Gasteiger partial charge on any atom is -0.481 e. The van der Waals surface area contributed by atoms with Crippen LogP contribution in [-0.4, -0.2) is 11.1 Å². The van der Waals surface area contributed by atoms with Gasteiger partial charge in [0.15, 0.2) is 0 Å². The van der Waals surface area contributed by atoms with Crippen LogP contribution < -0.4 is 0 Å². The zero-order valence-electron chi connectivity index (χ0n) is 10.9. The summed E-state index contributed by atoms with van der Waals surface area (Å²) in [6.07, 6.45) is 9.30. The number of hydrogen-bond donors (Lipinski definition) is 1. The summed E-state index contributed by atoms with van der Waals surface area (Å²) in [7, 11) is 0. The van der Waals surface area contributed by atoms with Crippen molar-refractivity contribution in [3.63, 3.8) is 0 Å². The largest absolute Gasteiger partial charge is 0.481 e. The Morgan fingerprint density at radius 2 is 1.84 bits per heavy atom. The van der Waals surface area contributed by atoms with Gasteiger partial charge in [-0.1, -0.05) is 43.5 Å². The molecular weight excluding hydrogens is 243 g/mol. The average Bonchev–Trinajstić information content (AvgIpc) is 2.40. The molecule has 0 bridgehead atoms. The number of carboxylic acids is 1. The zero-order chi connectivity index (χ0) is 13.7. The molecule has 2 rings (SSSR count). The lowest BCUT2D eigenvalue weighted by Gasteiger charge is -2.35. The van der Waals surface area contributed by atoms with E-state index >= 15 is 0 Å². The topological polar surface area (TPSA) is 37.3 Å². The van der Waals surface area contributed by atoms with Crippen LogP contribution in [0.25, 0.3) is 0 Å². The highest BCUT2D eigenvalue weighted by Gasteiger charge is 2.31. The lowest BCUT2D eigenvalue weighted by atomic mass is 9.69. The van der Waals surface area contributed by atoms with Crippen molar-refractivity contribution in [2.75, 3.05) is 0 Å². The number of benzene rings is 1. The highest BCUT2D eigenvalue weighted by molar-refractivity contribution is 5.68. The van der Waals surface area contributed by atoms with Crippen molar-refractivity contribution < 1.29 is 14.3 Å². The molecule has 19 heavy (non-hydrogen) atoms. The van der Waals surface area contributed by atoms with E-state index in [9.17, 15) is 9.18 Å². The predicted octanol–water partition coefficient (Wildman–Crippen LogP) is 4.06. The maximum atomic E-state index is 13.0. The highest BCUT2D eigenvalue weighted by Crippen LogP contribution is 2.40. The Bertz CT molecular complexity index is 456. The van der Waals surface area contributed by atoms with E-state index in [2.05, 4.69) is 0 Å². The fraction of sp³-hybridized carbons (Fsp3) is 0.438. The second-order valence-electron chi connectivity index (χ2n) is 5.22. The molecule has 0 amide bonds. The first-order valence-electron chi connectivity index (χ1n) is 6.78. The van der Waals surface area contributed by atoms with Crippen LogP contribution in [0.4, 0.5) is 4.39 Å². The summed E-state index contributed by atoms with van der Waals surface area (Å²) in [6, 6.07) is 6.62. The van der Waals surface area contributed by atoms with Gasteiger partial charge in [-0.2, -0.15) is 0 Å². The number of aliphatic carboxylic acids is 1. The van der Waals surface area contributed by atoms with Crippen LogP contribution in [0.3, 0.4) is 0 Å². The van der Waals surface area contributed by atoms with Gasteiger partial charge in [0.05, 0.1) is 6.42 Å². The van der Waals surface area contributed by atoms with Gasteiger partial charge in [0.1, 0.15) is 5.82 Å². The summed E-state index contributed by atoms with van der Waals surface area (Å²) in [4.78, 5) is 10.6. The number of carbonyl (C=O) groups is 1. The Balaban J connectivity index is 2.25.